The van der Waals surface area contributed by atoms with E-state index in [4.69, 9.17) is 6.57 Å². The molecule has 2 aromatic carbocycles. The molecular formula is C32H28N6. The van der Waals surface area contributed by atoms with Crippen molar-refractivity contribution in [2.75, 3.05) is 13.1 Å². The highest BCUT2D eigenvalue weighted by atomic mass is 15.2. The summed E-state index contributed by atoms with van der Waals surface area (Å²) in [5.74, 6) is 0. The normalized spacial score (nSPS) is 17.4. The standard InChI is InChI=1S/C32H28N6/c1-33-29-5-4-14-34-31(29)23-9-7-22(8-10-23)30-28-19-26(20-35-32(28)37-36-30)24-11-6-21-12-13-27(18-25(21)17-24)38-15-2-3-16-38/h4-11,14,17,19-20,27H,2-3,12-13,15-16,18H2,(H,35,36,37). The highest BCUT2D eigenvalue weighted by Gasteiger charge is 2.26. The molecule has 1 fully saturated rings. The van der Waals surface area contributed by atoms with Gasteiger partial charge in [-0.3, -0.25) is 10.1 Å². The van der Waals surface area contributed by atoms with Crippen LogP contribution in [0.5, 0.6) is 0 Å². The number of aryl methyl sites for hydroxylation is 1. The molecule has 4 heterocycles. The summed E-state index contributed by atoms with van der Waals surface area (Å²) < 4.78 is 0. The zero-order valence-corrected chi connectivity index (χ0v) is 21.2. The summed E-state index contributed by atoms with van der Waals surface area (Å²) in [5, 5.41) is 8.67. The van der Waals surface area contributed by atoms with E-state index in [9.17, 15) is 0 Å². The molecule has 0 amide bonds. The Morgan fingerprint density at radius 2 is 1.68 bits per heavy atom. The molecule has 3 aromatic heterocycles. The molecule has 38 heavy (non-hydrogen) atoms. The summed E-state index contributed by atoms with van der Waals surface area (Å²) >= 11 is 0. The Labute approximate surface area is 222 Å². The maximum Gasteiger partial charge on any atom is 0.212 e. The number of H-pyrrole nitrogens is 1. The Bertz CT molecular complexity index is 1670. The van der Waals surface area contributed by atoms with Crippen LogP contribution < -0.4 is 0 Å². The molecular weight excluding hydrogens is 468 g/mol. The van der Waals surface area contributed by atoms with E-state index >= 15 is 0 Å². The summed E-state index contributed by atoms with van der Waals surface area (Å²) in [6, 6.07) is 21.5. The van der Waals surface area contributed by atoms with Gasteiger partial charge in [-0.1, -0.05) is 54.6 Å². The van der Waals surface area contributed by atoms with Crippen molar-refractivity contribution in [3.05, 3.63) is 95.6 Å². The second-order valence-corrected chi connectivity index (χ2v) is 10.4. The molecule has 1 aliphatic heterocycles. The summed E-state index contributed by atoms with van der Waals surface area (Å²) in [6.45, 7) is 9.95. The van der Waals surface area contributed by atoms with Gasteiger partial charge >= 0.3 is 0 Å². The zero-order chi connectivity index (χ0) is 25.5. The van der Waals surface area contributed by atoms with Gasteiger partial charge in [-0.15, -0.1) is 0 Å². The SMILES string of the molecule is [C-]#[N+]c1cccnc1-c1ccc(-c2[nH]nc3ncc(-c4ccc5c(c4)CC(N4CCCC4)CC5)cc23)cc1. The minimum absolute atomic E-state index is 0.554. The Morgan fingerprint density at radius 1 is 0.868 bits per heavy atom. The Kier molecular flexibility index (Phi) is 5.71. The van der Waals surface area contributed by atoms with Gasteiger partial charge < -0.3 is 4.90 Å². The smallest absolute Gasteiger partial charge is 0.212 e. The minimum atomic E-state index is 0.554. The maximum absolute atomic E-state index is 7.43. The molecule has 1 unspecified atom stereocenters. The van der Waals surface area contributed by atoms with Gasteiger partial charge in [0.15, 0.2) is 5.65 Å². The average molecular weight is 497 g/mol. The first-order chi connectivity index (χ1) is 18.8. The molecule has 0 saturated carbocycles. The van der Waals surface area contributed by atoms with Crippen molar-refractivity contribution in [2.45, 2.75) is 38.1 Å². The monoisotopic (exact) mass is 496 g/mol. The van der Waals surface area contributed by atoms with E-state index in [0.29, 0.717) is 23.1 Å². The van der Waals surface area contributed by atoms with Crippen LogP contribution in [-0.4, -0.2) is 44.2 Å². The van der Waals surface area contributed by atoms with Crippen molar-refractivity contribution in [1.82, 2.24) is 25.1 Å². The first-order valence-corrected chi connectivity index (χ1v) is 13.4. The number of fused-ring (bicyclic) bond motifs is 2. The van der Waals surface area contributed by atoms with E-state index in [-0.39, 0.29) is 0 Å². The fraction of sp³-hybridized carbons (Fsp3) is 0.250. The van der Waals surface area contributed by atoms with E-state index in [0.717, 1.165) is 34.2 Å². The average Bonchev–Trinajstić information content (AvgIpc) is 3.67. The maximum atomic E-state index is 7.43. The Hall–Kier alpha value is -4.34. The van der Waals surface area contributed by atoms with E-state index in [1.165, 1.54) is 55.5 Å². The van der Waals surface area contributed by atoms with Gasteiger partial charge in [0.2, 0.25) is 5.69 Å². The number of hydrogen-bond acceptors (Lipinski definition) is 4. The second-order valence-electron chi connectivity index (χ2n) is 10.4. The molecule has 6 heteroatoms. The van der Waals surface area contributed by atoms with Gasteiger partial charge in [-0.05, 0) is 73.5 Å². The van der Waals surface area contributed by atoms with Crippen LogP contribution in [0.4, 0.5) is 5.69 Å². The number of nitrogens with one attached hydrogen (secondary N) is 1. The van der Waals surface area contributed by atoms with E-state index in [1.807, 2.05) is 18.3 Å². The van der Waals surface area contributed by atoms with Gasteiger partial charge in [-0.2, -0.15) is 5.10 Å². The van der Waals surface area contributed by atoms with Crippen LogP contribution in [0.25, 0.3) is 49.5 Å². The lowest BCUT2D eigenvalue weighted by Gasteiger charge is -2.32. The molecule has 1 atom stereocenters. The largest absolute Gasteiger partial charge is 0.300 e. The quantitative estimate of drug-likeness (QED) is 0.276. The van der Waals surface area contributed by atoms with Crippen LogP contribution in [-0.2, 0) is 12.8 Å². The fourth-order valence-corrected chi connectivity index (χ4v) is 6.12. The molecule has 1 aliphatic carbocycles. The van der Waals surface area contributed by atoms with Gasteiger partial charge in [0.05, 0.1) is 18.0 Å². The topological polar surface area (TPSA) is 62.1 Å². The molecule has 0 radical (unpaired) electrons. The summed E-state index contributed by atoms with van der Waals surface area (Å²) in [6.07, 6.45) is 9.94. The molecule has 6 nitrogen and oxygen atoms in total. The third kappa shape index (κ3) is 4.06. The highest BCUT2D eigenvalue weighted by Crippen LogP contribution is 2.34. The van der Waals surface area contributed by atoms with E-state index < -0.39 is 0 Å². The number of pyridine rings is 2. The van der Waals surface area contributed by atoms with Crippen molar-refractivity contribution >= 4 is 16.7 Å². The lowest BCUT2D eigenvalue weighted by molar-refractivity contribution is 0.222. The number of rotatable bonds is 4. The van der Waals surface area contributed by atoms with Gasteiger partial charge in [0, 0.05) is 34.9 Å². The predicted octanol–water partition coefficient (Wildman–Crippen LogP) is 6.86. The molecule has 5 aromatic rings. The number of nitrogens with zero attached hydrogens (tertiary/aromatic N) is 5. The van der Waals surface area contributed by atoms with Crippen LogP contribution in [0.1, 0.15) is 30.4 Å². The van der Waals surface area contributed by atoms with Crippen molar-refractivity contribution in [3.8, 4) is 33.6 Å². The van der Waals surface area contributed by atoms with Gasteiger partial charge in [0.1, 0.15) is 0 Å². The zero-order valence-electron chi connectivity index (χ0n) is 21.2. The molecule has 1 saturated heterocycles. The number of aromatic nitrogens is 4. The number of hydrogen-bond donors (Lipinski definition) is 1. The molecule has 2 aliphatic rings. The molecule has 7 rings (SSSR count). The summed E-state index contributed by atoms with van der Waals surface area (Å²) in [7, 11) is 0. The molecule has 1 N–H and O–H groups in total. The van der Waals surface area contributed by atoms with Crippen LogP contribution >= 0.6 is 0 Å². The van der Waals surface area contributed by atoms with Crippen LogP contribution in [0, 0.1) is 6.57 Å². The van der Waals surface area contributed by atoms with Crippen molar-refractivity contribution in [3.63, 3.8) is 0 Å². The number of benzene rings is 2. The number of likely N-dealkylation sites (tertiary alicyclic amines) is 1. The second kappa shape index (κ2) is 9.51. The van der Waals surface area contributed by atoms with Crippen molar-refractivity contribution in [1.29, 1.82) is 0 Å². The third-order valence-corrected chi connectivity index (χ3v) is 8.16. The lowest BCUT2D eigenvalue weighted by atomic mass is 9.85. The highest BCUT2D eigenvalue weighted by molar-refractivity contribution is 5.93. The Morgan fingerprint density at radius 3 is 2.53 bits per heavy atom. The van der Waals surface area contributed by atoms with Crippen LogP contribution in [0.2, 0.25) is 0 Å². The van der Waals surface area contributed by atoms with Crippen LogP contribution in [0.15, 0.2) is 73.1 Å². The first-order valence-electron chi connectivity index (χ1n) is 13.4. The van der Waals surface area contributed by atoms with Gasteiger partial charge in [0.25, 0.3) is 0 Å². The molecule has 186 valence electrons. The summed E-state index contributed by atoms with van der Waals surface area (Å²) in [5.41, 5.74) is 10.2. The summed E-state index contributed by atoms with van der Waals surface area (Å²) in [4.78, 5) is 15.4. The fourth-order valence-electron chi connectivity index (χ4n) is 6.12. The molecule has 0 spiro atoms. The third-order valence-electron chi connectivity index (χ3n) is 8.16. The lowest BCUT2D eigenvalue weighted by Crippen LogP contribution is -2.37. The van der Waals surface area contributed by atoms with Crippen LogP contribution in [0.3, 0.4) is 0 Å². The molecule has 0 bridgehead atoms. The predicted molar refractivity (Wildman–Crippen MR) is 151 cm³/mol. The Balaban J connectivity index is 1.20. The number of aromatic amines is 1. The van der Waals surface area contributed by atoms with E-state index in [1.54, 1.807) is 18.3 Å². The minimum Gasteiger partial charge on any atom is -0.300 e. The van der Waals surface area contributed by atoms with Crippen molar-refractivity contribution < 1.29 is 0 Å². The van der Waals surface area contributed by atoms with Crippen molar-refractivity contribution in [2.24, 2.45) is 0 Å². The van der Waals surface area contributed by atoms with E-state index in [2.05, 4.69) is 66.3 Å². The van der Waals surface area contributed by atoms with Gasteiger partial charge in [-0.25, -0.2) is 9.83 Å². The first kappa shape index (κ1) is 22.8.